The maximum atomic E-state index is 11.2. The van der Waals surface area contributed by atoms with E-state index < -0.39 is 5.97 Å². The van der Waals surface area contributed by atoms with Gasteiger partial charge in [-0.25, -0.2) is 0 Å². The Morgan fingerprint density at radius 2 is 1.60 bits per heavy atom. The fourth-order valence-electron chi connectivity index (χ4n) is 2.05. The van der Waals surface area contributed by atoms with E-state index in [0.717, 1.165) is 25.7 Å². The molecule has 0 fully saturated rings. The lowest BCUT2D eigenvalue weighted by Gasteiger charge is -2.03. The molecule has 1 rings (SSSR count). The molecule has 0 unspecified atom stereocenters. The van der Waals surface area contributed by atoms with Crippen LogP contribution in [0.3, 0.4) is 0 Å². The van der Waals surface area contributed by atoms with Gasteiger partial charge in [-0.2, -0.15) is 0 Å². The number of hydrogen-bond acceptors (Lipinski definition) is 2. The number of rotatable bonds is 10. The van der Waals surface area contributed by atoms with Crippen molar-refractivity contribution < 1.29 is 14.7 Å². The van der Waals surface area contributed by atoms with Gasteiger partial charge in [-0.1, -0.05) is 49.6 Å². The van der Waals surface area contributed by atoms with Gasteiger partial charge in [0.1, 0.15) is 6.54 Å². The summed E-state index contributed by atoms with van der Waals surface area (Å²) in [5.74, 6) is -1.17. The molecule has 1 aromatic rings. The van der Waals surface area contributed by atoms with Gasteiger partial charge in [0.2, 0.25) is 5.91 Å². The summed E-state index contributed by atoms with van der Waals surface area (Å²) in [6.07, 6.45) is 6.86. The molecule has 0 aliphatic rings. The van der Waals surface area contributed by atoms with Crippen molar-refractivity contribution in [1.29, 1.82) is 0 Å². The summed E-state index contributed by atoms with van der Waals surface area (Å²) in [5.41, 5.74) is 1.38. The molecule has 2 N–H and O–H groups in total. The van der Waals surface area contributed by atoms with Gasteiger partial charge in [-0.15, -0.1) is 0 Å². The summed E-state index contributed by atoms with van der Waals surface area (Å²) in [5, 5.41) is 10.8. The Kier molecular flexibility index (Phi) is 8.11. The smallest absolute Gasteiger partial charge is 0.322 e. The normalized spacial score (nSPS) is 10.2. The Morgan fingerprint density at radius 3 is 2.30 bits per heavy atom. The Hall–Kier alpha value is -1.84. The van der Waals surface area contributed by atoms with Crippen molar-refractivity contribution in [2.24, 2.45) is 0 Å². The Labute approximate surface area is 120 Å². The van der Waals surface area contributed by atoms with Crippen LogP contribution in [0.25, 0.3) is 0 Å². The van der Waals surface area contributed by atoms with Crippen LogP contribution in [0.2, 0.25) is 0 Å². The van der Waals surface area contributed by atoms with E-state index in [4.69, 9.17) is 5.11 Å². The SMILES string of the molecule is O=C(O)CNC(=O)CCCCCCCc1ccccc1. The van der Waals surface area contributed by atoms with Crippen LogP contribution in [0.5, 0.6) is 0 Å². The fraction of sp³-hybridized carbons (Fsp3) is 0.500. The minimum absolute atomic E-state index is 0.170. The largest absolute Gasteiger partial charge is 0.480 e. The predicted molar refractivity (Wildman–Crippen MR) is 78.5 cm³/mol. The molecule has 0 aliphatic carbocycles. The predicted octanol–water partition coefficient (Wildman–Crippen LogP) is 2.77. The molecule has 110 valence electrons. The Bertz CT molecular complexity index is 403. The molecular weight excluding hydrogens is 254 g/mol. The van der Waals surface area contributed by atoms with Crippen molar-refractivity contribution >= 4 is 11.9 Å². The summed E-state index contributed by atoms with van der Waals surface area (Å²) in [6.45, 7) is -0.282. The molecule has 1 aromatic carbocycles. The molecule has 20 heavy (non-hydrogen) atoms. The van der Waals surface area contributed by atoms with E-state index in [0.29, 0.717) is 6.42 Å². The van der Waals surface area contributed by atoms with Crippen molar-refractivity contribution in [1.82, 2.24) is 5.32 Å². The molecular formula is C16H23NO3. The number of benzene rings is 1. The van der Waals surface area contributed by atoms with Crippen LogP contribution in [-0.2, 0) is 16.0 Å². The van der Waals surface area contributed by atoms with E-state index in [1.807, 2.05) is 6.07 Å². The first-order chi connectivity index (χ1) is 9.68. The lowest BCUT2D eigenvalue weighted by Crippen LogP contribution is -2.28. The number of amides is 1. The molecule has 0 aromatic heterocycles. The molecule has 0 spiro atoms. The van der Waals surface area contributed by atoms with Crippen molar-refractivity contribution in [3.05, 3.63) is 35.9 Å². The zero-order valence-corrected chi connectivity index (χ0v) is 11.8. The van der Waals surface area contributed by atoms with Gasteiger partial charge in [-0.05, 0) is 24.8 Å². The lowest BCUT2D eigenvalue weighted by molar-refractivity contribution is -0.137. The van der Waals surface area contributed by atoms with Crippen LogP contribution < -0.4 is 5.32 Å². The lowest BCUT2D eigenvalue weighted by atomic mass is 10.0. The second-order valence-corrected chi connectivity index (χ2v) is 4.92. The molecule has 4 nitrogen and oxygen atoms in total. The van der Waals surface area contributed by atoms with Crippen molar-refractivity contribution in [2.75, 3.05) is 6.54 Å². The maximum Gasteiger partial charge on any atom is 0.322 e. The monoisotopic (exact) mass is 277 g/mol. The van der Waals surface area contributed by atoms with Crippen LogP contribution in [0, 0.1) is 0 Å². The third kappa shape index (κ3) is 8.29. The van der Waals surface area contributed by atoms with E-state index in [1.54, 1.807) is 0 Å². The average molecular weight is 277 g/mol. The standard InChI is InChI=1S/C16H23NO3/c18-15(17-13-16(19)20)12-8-3-1-2-5-9-14-10-6-4-7-11-14/h4,6-7,10-11H,1-3,5,8-9,12-13H2,(H,17,18)(H,19,20). The van der Waals surface area contributed by atoms with Crippen LogP contribution in [-0.4, -0.2) is 23.5 Å². The highest BCUT2D eigenvalue weighted by Gasteiger charge is 2.03. The van der Waals surface area contributed by atoms with E-state index in [9.17, 15) is 9.59 Å². The number of carboxylic acid groups (broad SMARTS) is 1. The van der Waals surface area contributed by atoms with Gasteiger partial charge < -0.3 is 10.4 Å². The van der Waals surface area contributed by atoms with Crippen molar-refractivity contribution in [3.8, 4) is 0 Å². The van der Waals surface area contributed by atoms with Crippen LogP contribution >= 0.6 is 0 Å². The van der Waals surface area contributed by atoms with E-state index >= 15 is 0 Å². The summed E-state index contributed by atoms with van der Waals surface area (Å²) in [6, 6.07) is 10.4. The highest BCUT2D eigenvalue weighted by molar-refractivity contribution is 5.80. The number of unbranched alkanes of at least 4 members (excludes halogenated alkanes) is 4. The second kappa shape index (κ2) is 10.0. The van der Waals surface area contributed by atoms with Crippen molar-refractivity contribution in [2.45, 2.75) is 44.9 Å². The Balaban J connectivity index is 1.92. The van der Waals surface area contributed by atoms with Gasteiger partial charge in [-0.3, -0.25) is 9.59 Å². The van der Waals surface area contributed by atoms with Crippen LogP contribution in [0.4, 0.5) is 0 Å². The molecule has 0 saturated carbocycles. The van der Waals surface area contributed by atoms with E-state index in [1.165, 1.54) is 18.4 Å². The molecule has 0 saturated heterocycles. The summed E-state index contributed by atoms with van der Waals surface area (Å²) < 4.78 is 0. The second-order valence-electron chi connectivity index (χ2n) is 4.92. The van der Waals surface area contributed by atoms with Crippen LogP contribution in [0.1, 0.15) is 44.1 Å². The number of carboxylic acids is 1. The number of aliphatic carboxylic acids is 1. The number of nitrogens with one attached hydrogen (secondary N) is 1. The van der Waals surface area contributed by atoms with Crippen LogP contribution in [0.15, 0.2) is 30.3 Å². The molecule has 0 aliphatic heterocycles. The first-order valence-corrected chi connectivity index (χ1v) is 7.21. The number of carbonyl (C=O) groups is 2. The zero-order chi connectivity index (χ0) is 14.6. The van der Waals surface area contributed by atoms with Gasteiger partial charge in [0.15, 0.2) is 0 Å². The highest BCUT2D eigenvalue weighted by atomic mass is 16.4. The molecule has 4 heteroatoms. The molecule has 0 atom stereocenters. The third-order valence-corrected chi connectivity index (χ3v) is 3.15. The minimum atomic E-state index is -1.00. The molecule has 0 bridgehead atoms. The van der Waals surface area contributed by atoms with Gasteiger partial charge in [0, 0.05) is 6.42 Å². The minimum Gasteiger partial charge on any atom is -0.480 e. The fourth-order valence-corrected chi connectivity index (χ4v) is 2.05. The molecule has 1 amide bonds. The third-order valence-electron chi connectivity index (χ3n) is 3.15. The summed E-state index contributed by atoms with van der Waals surface area (Å²) in [4.78, 5) is 21.5. The number of hydrogen-bond donors (Lipinski definition) is 2. The van der Waals surface area contributed by atoms with E-state index in [-0.39, 0.29) is 12.5 Å². The first kappa shape index (κ1) is 16.2. The number of aryl methyl sites for hydroxylation is 1. The summed E-state index contributed by atoms with van der Waals surface area (Å²) >= 11 is 0. The average Bonchev–Trinajstić information content (AvgIpc) is 2.45. The molecule has 0 heterocycles. The van der Waals surface area contributed by atoms with Gasteiger partial charge in [0.25, 0.3) is 0 Å². The van der Waals surface area contributed by atoms with E-state index in [2.05, 4.69) is 29.6 Å². The summed E-state index contributed by atoms with van der Waals surface area (Å²) in [7, 11) is 0. The quantitative estimate of drug-likeness (QED) is 0.646. The highest BCUT2D eigenvalue weighted by Crippen LogP contribution is 2.09. The Morgan fingerprint density at radius 1 is 0.950 bits per heavy atom. The zero-order valence-electron chi connectivity index (χ0n) is 11.8. The maximum absolute atomic E-state index is 11.2. The number of carbonyl (C=O) groups excluding carboxylic acids is 1. The van der Waals surface area contributed by atoms with Crippen molar-refractivity contribution in [3.63, 3.8) is 0 Å². The molecule has 0 radical (unpaired) electrons. The van der Waals surface area contributed by atoms with Gasteiger partial charge >= 0.3 is 5.97 Å². The first-order valence-electron chi connectivity index (χ1n) is 7.21. The topological polar surface area (TPSA) is 66.4 Å². The van der Waals surface area contributed by atoms with Gasteiger partial charge in [0.05, 0.1) is 0 Å².